The van der Waals surface area contributed by atoms with Gasteiger partial charge in [-0.1, -0.05) is 0 Å². The number of rotatable bonds is 1. The largest absolute Gasteiger partial charge is 0.508 e. The van der Waals surface area contributed by atoms with Crippen LogP contribution in [0.5, 0.6) is 11.5 Å². The van der Waals surface area contributed by atoms with E-state index in [4.69, 9.17) is 4.74 Å². The first-order valence-corrected chi connectivity index (χ1v) is 6.28. The third-order valence-electron chi connectivity index (χ3n) is 2.90. The second-order valence-electron chi connectivity index (χ2n) is 3.99. The van der Waals surface area contributed by atoms with Gasteiger partial charge in [0.25, 0.3) is 0 Å². The van der Waals surface area contributed by atoms with Gasteiger partial charge in [-0.2, -0.15) is 11.3 Å². The summed E-state index contributed by atoms with van der Waals surface area (Å²) >= 11 is 1.70. The van der Waals surface area contributed by atoms with Gasteiger partial charge in [-0.3, -0.25) is 0 Å². The number of fused-ring (bicyclic) bond motifs is 1. The number of hydrogen-bond donors (Lipinski definition) is 1. The van der Waals surface area contributed by atoms with E-state index in [9.17, 15) is 5.11 Å². The molecule has 3 heteroatoms. The number of aryl methyl sites for hydroxylation is 1. The fraction of sp³-hybridized carbons (Fsp3) is 0.231. The van der Waals surface area contributed by atoms with Gasteiger partial charge in [0.05, 0.1) is 0 Å². The first-order chi connectivity index (χ1) is 7.83. The molecule has 0 amide bonds. The summed E-state index contributed by atoms with van der Waals surface area (Å²) in [7, 11) is 0. The zero-order valence-electron chi connectivity index (χ0n) is 8.72. The average molecular weight is 232 g/mol. The van der Waals surface area contributed by atoms with Crippen LogP contribution in [0.25, 0.3) is 0 Å². The predicted molar refractivity (Wildman–Crippen MR) is 64.1 cm³/mol. The summed E-state index contributed by atoms with van der Waals surface area (Å²) in [5, 5.41) is 13.6. The van der Waals surface area contributed by atoms with Gasteiger partial charge < -0.3 is 9.84 Å². The highest BCUT2D eigenvalue weighted by Gasteiger charge is 2.21. The lowest BCUT2D eigenvalue weighted by molar-refractivity contribution is 0.177. The van der Waals surface area contributed by atoms with E-state index < -0.39 is 0 Å². The molecule has 3 rings (SSSR count). The number of phenolic OH excluding ortho intramolecular Hbond substituents is 1. The van der Waals surface area contributed by atoms with E-state index in [-0.39, 0.29) is 6.10 Å². The Morgan fingerprint density at radius 1 is 1.31 bits per heavy atom. The number of aromatic hydroxyl groups is 1. The Kier molecular flexibility index (Phi) is 2.33. The van der Waals surface area contributed by atoms with Crippen LogP contribution >= 0.6 is 11.3 Å². The molecular weight excluding hydrogens is 220 g/mol. The van der Waals surface area contributed by atoms with Crippen LogP contribution in [-0.4, -0.2) is 5.11 Å². The molecule has 1 N–H and O–H groups in total. The number of hydrogen-bond acceptors (Lipinski definition) is 3. The molecular formula is C13H12O2S. The van der Waals surface area contributed by atoms with E-state index in [1.54, 1.807) is 23.5 Å². The number of phenols is 1. The topological polar surface area (TPSA) is 29.5 Å². The van der Waals surface area contributed by atoms with Crippen molar-refractivity contribution in [1.29, 1.82) is 0 Å². The maximum Gasteiger partial charge on any atom is 0.125 e. The molecule has 1 atom stereocenters. The molecule has 2 heterocycles. The molecule has 2 aromatic rings. The van der Waals surface area contributed by atoms with Crippen molar-refractivity contribution in [2.24, 2.45) is 0 Å². The highest BCUT2D eigenvalue weighted by Crippen LogP contribution is 2.36. The molecule has 1 aromatic carbocycles. The van der Waals surface area contributed by atoms with E-state index >= 15 is 0 Å². The first-order valence-electron chi connectivity index (χ1n) is 5.33. The van der Waals surface area contributed by atoms with Crippen LogP contribution in [0, 0.1) is 0 Å². The van der Waals surface area contributed by atoms with E-state index in [2.05, 4.69) is 16.8 Å². The molecule has 1 aromatic heterocycles. The zero-order valence-corrected chi connectivity index (χ0v) is 9.54. The first kappa shape index (κ1) is 9.73. The Balaban J connectivity index is 1.89. The number of benzene rings is 1. The van der Waals surface area contributed by atoms with Gasteiger partial charge in [-0.15, -0.1) is 0 Å². The summed E-state index contributed by atoms with van der Waals surface area (Å²) in [4.78, 5) is 0. The summed E-state index contributed by atoms with van der Waals surface area (Å²) in [6.07, 6.45) is 2.11. The van der Waals surface area contributed by atoms with Gasteiger partial charge in [0, 0.05) is 5.56 Å². The van der Waals surface area contributed by atoms with E-state index in [1.807, 2.05) is 6.07 Å². The van der Waals surface area contributed by atoms with Gasteiger partial charge in [0.2, 0.25) is 0 Å². The van der Waals surface area contributed by atoms with Crippen LogP contribution in [0.2, 0.25) is 0 Å². The Hall–Kier alpha value is -1.48. The van der Waals surface area contributed by atoms with Crippen LogP contribution in [0.3, 0.4) is 0 Å². The van der Waals surface area contributed by atoms with Crippen LogP contribution in [0.1, 0.15) is 23.7 Å². The minimum atomic E-state index is 0.170. The van der Waals surface area contributed by atoms with Crippen molar-refractivity contribution >= 4 is 11.3 Å². The Labute approximate surface area is 98.1 Å². The van der Waals surface area contributed by atoms with E-state index in [0.717, 1.165) is 24.2 Å². The van der Waals surface area contributed by atoms with Crippen molar-refractivity contribution in [1.82, 2.24) is 0 Å². The fourth-order valence-corrected chi connectivity index (χ4v) is 2.77. The molecule has 0 bridgehead atoms. The molecule has 0 saturated heterocycles. The van der Waals surface area contributed by atoms with Crippen LogP contribution in [0.15, 0.2) is 35.0 Å². The molecule has 0 spiro atoms. The third kappa shape index (κ3) is 1.67. The molecule has 16 heavy (non-hydrogen) atoms. The summed E-state index contributed by atoms with van der Waals surface area (Å²) < 4.78 is 5.93. The summed E-state index contributed by atoms with van der Waals surface area (Å²) in [6, 6.07) is 7.43. The van der Waals surface area contributed by atoms with Crippen molar-refractivity contribution in [3.8, 4) is 11.5 Å². The summed E-state index contributed by atoms with van der Waals surface area (Å²) in [5.74, 6) is 1.22. The summed E-state index contributed by atoms with van der Waals surface area (Å²) in [5.41, 5.74) is 2.36. The lowest BCUT2D eigenvalue weighted by Crippen LogP contribution is -2.14. The highest BCUT2D eigenvalue weighted by molar-refractivity contribution is 7.07. The monoisotopic (exact) mass is 232 g/mol. The fourth-order valence-electron chi connectivity index (χ4n) is 2.07. The van der Waals surface area contributed by atoms with Crippen molar-refractivity contribution in [2.75, 3.05) is 0 Å². The molecule has 0 fully saturated rings. The van der Waals surface area contributed by atoms with Crippen molar-refractivity contribution in [2.45, 2.75) is 18.9 Å². The second-order valence-corrected chi connectivity index (χ2v) is 4.77. The minimum absolute atomic E-state index is 0.170. The maximum absolute atomic E-state index is 9.38. The van der Waals surface area contributed by atoms with E-state index in [0.29, 0.717) is 5.75 Å². The molecule has 2 nitrogen and oxygen atoms in total. The van der Waals surface area contributed by atoms with Crippen molar-refractivity contribution in [3.63, 3.8) is 0 Å². The molecule has 0 saturated carbocycles. The van der Waals surface area contributed by atoms with Gasteiger partial charge in [0.1, 0.15) is 17.6 Å². The smallest absolute Gasteiger partial charge is 0.125 e. The maximum atomic E-state index is 9.38. The van der Waals surface area contributed by atoms with Crippen molar-refractivity contribution in [3.05, 3.63) is 46.2 Å². The molecule has 82 valence electrons. The summed E-state index contributed by atoms with van der Waals surface area (Å²) in [6.45, 7) is 0. The Bertz CT molecular complexity index is 491. The third-order valence-corrected chi connectivity index (χ3v) is 3.61. The van der Waals surface area contributed by atoms with Crippen LogP contribution < -0.4 is 4.74 Å². The standard InChI is InChI=1S/C13H12O2S/c14-11-2-4-12-9(7-11)1-3-13(15-12)10-5-6-16-8-10/h2,4-8,13-14H,1,3H2/t13-/m1/s1. The Morgan fingerprint density at radius 3 is 3.06 bits per heavy atom. The highest BCUT2D eigenvalue weighted by atomic mass is 32.1. The number of ether oxygens (including phenoxy) is 1. The van der Waals surface area contributed by atoms with Gasteiger partial charge in [0.15, 0.2) is 0 Å². The van der Waals surface area contributed by atoms with Gasteiger partial charge >= 0.3 is 0 Å². The molecule has 0 aliphatic carbocycles. The van der Waals surface area contributed by atoms with Gasteiger partial charge in [-0.05, 0) is 53.4 Å². The molecule has 1 aliphatic heterocycles. The lowest BCUT2D eigenvalue weighted by atomic mass is 9.99. The van der Waals surface area contributed by atoms with Crippen LogP contribution in [-0.2, 0) is 6.42 Å². The van der Waals surface area contributed by atoms with Crippen LogP contribution in [0.4, 0.5) is 0 Å². The predicted octanol–water partition coefficient (Wildman–Crippen LogP) is 3.52. The minimum Gasteiger partial charge on any atom is -0.508 e. The lowest BCUT2D eigenvalue weighted by Gasteiger charge is -2.25. The average Bonchev–Trinajstić information content (AvgIpc) is 2.82. The van der Waals surface area contributed by atoms with Gasteiger partial charge in [-0.25, -0.2) is 0 Å². The molecule has 0 unspecified atom stereocenters. The van der Waals surface area contributed by atoms with Crippen molar-refractivity contribution < 1.29 is 9.84 Å². The molecule has 0 radical (unpaired) electrons. The SMILES string of the molecule is Oc1ccc2c(c1)CC[C@H](c1ccsc1)O2. The molecule has 1 aliphatic rings. The van der Waals surface area contributed by atoms with E-state index in [1.165, 1.54) is 5.56 Å². The Morgan fingerprint density at radius 2 is 2.25 bits per heavy atom. The zero-order chi connectivity index (χ0) is 11.0. The quantitative estimate of drug-likeness (QED) is 0.815. The second kappa shape index (κ2) is 3.83. The normalized spacial score (nSPS) is 18.9. The number of thiophene rings is 1.